The normalized spacial score (nSPS) is 20.2. The van der Waals surface area contributed by atoms with Crippen molar-refractivity contribution in [2.24, 2.45) is 0 Å². The molecule has 1 saturated heterocycles. The standard InChI is InChI=1S/C15H24N2O2S/c1-2-17(12-14-8-4-3-5-9-14)20(18,19)13-15-10-6-7-11-16-15/h3-5,8-9,15-16H,2,6-7,10-13H2,1H3. The van der Waals surface area contributed by atoms with Gasteiger partial charge in [0.25, 0.3) is 0 Å². The highest BCUT2D eigenvalue weighted by molar-refractivity contribution is 7.89. The molecule has 5 heteroatoms. The first-order valence-corrected chi connectivity index (χ1v) is 8.98. The molecule has 0 saturated carbocycles. The molecule has 4 nitrogen and oxygen atoms in total. The summed E-state index contributed by atoms with van der Waals surface area (Å²) in [5, 5.41) is 3.31. The zero-order valence-electron chi connectivity index (χ0n) is 12.1. The van der Waals surface area contributed by atoms with E-state index in [1.165, 1.54) is 0 Å². The number of benzene rings is 1. The predicted octanol–water partition coefficient (Wildman–Crippen LogP) is 1.98. The Morgan fingerprint density at radius 3 is 2.60 bits per heavy atom. The van der Waals surface area contributed by atoms with Gasteiger partial charge in [-0.1, -0.05) is 43.7 Å². The van der Waals surface area contributed by atoms with Crippen molar-refractivity contribution in [3.8, 4) is 0 Å². The monoisotopic (exact) mass is 296 g/mol. The minimum Gasteiger partial charge on any atom is -0.313 e. The number of hydrogen-bond acceptors (Lipinski definition) is 3. The number of sulfonamides is 1. The number of hydrogen-bond donors (Lipinski definition) is 1. The van der Waals surface area contributed by atoms with Crippen LogP contribution in [0, 0.1) is 0 Å². The lowest BCUT2D eigenvalue weighted by atomic mass is 10.1. The van der Waals surface area contributed by atoms with Gasteiger partial charge in [-0.2, -0.15) is 4.31 Å². The van der Waals surface area contributed by atoms with Crippen LogP contribution in [0.1, 0.15) is 31.7 Å². The number of nitrogens with one attached hydrogen (secondary N) is 1. The molecule has 1 unspecified atom stereocenters. The van der Waals surface area contributed by atoms with Crippen molar-refractivity contribution < 1.29 is 8.42 Å². The van der Waals surface area contributed by atoms with Crippen LogP contribution in [0.15, 0.2) is 30.3 Å². The summed E-state index contributed by atoms with van der Waals surface area (Å²) >= 11 is 0. The maximum absolute atomic E-state index is 12.5. The Balaban J connectivity index is 2.01. The van der Waals surface area contributed by atoms with E-state index in [1.807, 2.05) is 37.3 Å². The Bertz CT molecular complexity index is 496. The lowest BCUT2D eigenvalue weighted by Crippen LogP contribution is -2.44. The maximum atomic E-state index is 12.5. The molecule has 0 radical (unpaired) electrons. The lowest BCUT2D eigenvalue weighted by molar-refractivity contribution is 0.393. The van der Waals surface area contributed by atoms with Crippen molar-refractivity contribution in [2.45, 2.75) is 38.8 Å². The van der Waals surface area contributed by atoms with Crippen LogP contribution < -0.4 is 5.32 Å². The second kappa shape index (κ2) is 7.20. The highest BCUT2D eigenvalue weighted by atomic mass is 32.2. The second-order valence-electron chi connectivity index (χ2n) is 5.34. The minimum absolute atomic E-state index is 0.110. The van der Waals surface area contributed by atoms with Gasteiger partial charge in [-0.05, 0) is 24.9 Å². The summed E-state index contributed by atoms with van der Waals surface area (Å²) in [6.07, 6.45) is 3.23. The summed E-state index contributed by atoms with van der Waals surface area (Å²) in [7, 11) is -3.20. The Hall–Kier alpha value is -0.910. The first-order chi connectivity index (χ1) is 9.62. The van der Waals surface area contributed by atoms with E-state index in [0.717, 1.165) is 31.4 Å². The molecule has 112 valence electrons. The summed E-state index contributed by atoms with van der Waals surface area (Å²) in [6.45, 7) is 3.82. The zero-order chi connectivity index (χ0) is 14.4. The van der Waals surface area contributed by atoms with E-state index < -0.39 is 10.0 Å². The highest BCUT2D eigenvalue weighted by Crippen LogP contribution is 2.14. The lowest BCUT2D eigenvalue weighted by Gasteiger charge is -2.27. The molecule has 0 amide bonds. The molecule has 1 aliphatic rings. The number of piperidine rings is 1. The fourth-order valence-corrected chi connectivity index (χ4v) is 4.36. The molecule has 0 aliphatic carbocycles. The summed E-state index contributed by atoms with van der Waals surface area (Å²) in [4.78, 5) is 0. The molecule has 1 aromatic carbocycles. The van der Waals surface area contributed by atoms with Gasteiger partial charge in [0.05, 0.1) is 5.75 Å². The fraction of sp³-hybridized carbons (Fsp3) is 0.600. The van der Waals surface area contributed by atoms with Crippen LogP contribution in [0.3, 0.4) is 0 Å². The van der Waals surface area contributed by atoms with Gasteiger partial charge in [-0.15, -0.1) is 0 Å². The van der Waals surface area contributed by atoms with Gasteiger partial charge in [0.2, 0.25) is 10.0 Å². The SMILES string of the molecule is CCN(Cc1ccccc1)S(=O)(=O)CC1CCCCN1. The van der Waals surface area contributed by atoms with Gasteiger partial charge in [0.15, 0.2) is 0 Å². The molecule has 20 heavy (non-hydrogen) atoms. The Labute approximate surface area is 122 Å². The Kier molecular flexibility index (Phi) is 5.57. The second-order valence-corrected chi connectivity index (χ2v) is 7.35. The van der Waals surface area contributed by atoms with Crippen LogP contribution in [0.4, 0.5) is 0 Å². The maximum Gasteiger partial charge on any atom is 0.215 e. The first-order valence-electron chi connectivity index (χ1n) is 7.37. The summed E-state index contributed by atoms with van der Waals surface area (Å²) < 4.78 is 26.6. The first kappa shape index (κ1) is 15.5. The third-order valence-corrected chi connectivity index (χ3v) is 5.77. The van der Waals surface area contributed by atoms with Crippen molar-refractivity contribution in [3.63, 3.8) is 0 Å². The van der Waals surface area contributed by atoms with E-state index in [1.54, 1.807) is 4.31 Å². The van der Waals surface area contributed by atoms with E-state index in [-0.39, 0.29) is 11.8 Å². The van der Waals surface area contributed by atoms with Crippen LogP contribution in [0.25, 0.3) is 0 Å². The summed E-state index contributed by atoms with van der Waals surface area (Å²) in [5.74, 6) is 0.216. The fourth-order valence-electron chi connectivity index (χ4n) is 2.62. The van der Waals surface area contributed by atoms with Crippen molar-refractivity contribution >= 4 is 10.0 Å². The van der Waals surface area contributed by atoms with E-state index in [0.29, 0.717) is 13.1 Å². The van der Waals surface area contributed by atoms with Gasteiger partial charge < -0.3 is 5.32 Å². The van der Waals surface area contributed by atoms with Gasteiger partial charge >= 0.3 is 0 Å². The van der Waals surface area contributed by atoms with E-state index in [9.17, 15) is 8.42 Å². The molecule has 0 spiro atoms. The molecule has 1 aromatic rings. The van der Waals surface area contributed by atoms with Crippen molar-refractivity contribution in [3.05, 3.63) is 35.9 Å². The average molecular weight is 296 g/mol. The molecule has 0 bridgehead atoms. The van der Waals surface area contributed by atoms with Crippen LogP contribution in [0.2, 0.25) is 0 Å². The van der Waals surface area contributed by atoms with Gasteiger partial charge in [0, 0.05) is 19.1 Å². The molecule has 1 aliphatic heterocycles. The average Bonchev–Trinajstić information content (AvgIpc) is 2.46. The number of nitrogens with zero attached hydrogens (tertiary/aromatic N) is 1. The van der Waals surface area contributed by atoms with E-state index in [2.05, 4.69) is 5.32 Å². The molecule has 1 fully saturated rings. The molecule has 1 N–H and O–H groups in total. The molecular formula is C15H24N2O2S. The van der Waals surface area contributed by atoms with E-state index >= 15 is 0 Å². The van der Waals surface area contributed by atoms with Crippen molar-refractivity contribution in [1.82, 2.24) is 9.62 Å². The van der Waals surface area contributed by atoms with Crippen molar-refractivity contribution in [2.75, 3.05) is 18.8 Å². The third kappa shape index (κ3) is 4.30. The molecule has 2 rings (SSSR count). The van der Waals surface area contributed by atoms with Crippen LogP contribution in [0.5, 0.6) is 0 Å². The Morgan fingerprint density at radius 2 is 2.00 bits per heavy atom. The van der Waals surface area contributed by atoms with Crippen LogP contribution >= 0.6 is 0 Å². The predicted molar refractivity (Wildman–Crippen MR) is 82.0 cm³/mol. The van der Waals surface area contributed by atoms with Gasteiger partial charge in [-0.25, -0.2) is 8.42 Å². The largest absolute Gasteiger partial charge is 0.313 e. The summed E-state index contributed by atoms with van der Waals surface area (Å²) in [5.41, 5.74) is 1.04. The molecule has 1 heterocycles. The van der Waals surface area contributed by atoms with Gasteiger partial charge in [-0.3, -0.25) is 0 Å². The van der Waals surface area contributed by atoms with Crippen LogP contribution in [-0.2, 0) is 16.6 Å². The molecular weight excluding hydrogens is 272 g/mol. The highest BCUT2D eigenvalue weighted by Gasteiger charge is 2.26. The summed E-state index contributed by atoms with van der Waals surface area (Å²) in [6, 6.07) is 9.88. The Morgan fingerprint density at radius 1 is 1.25 bits per heavy atom. The minimum atomic E-state index is -3.20. The zero-order valence-corrected chi connectivity index (χ0v) is 12.9. The topological polar surface area (TPSA) is 49.4 Å². The number of rotatable bonds is 6. The van der Waals surface area contributed by atoms with Gasteiger partial charge in [0.1, 0.15) is 0 Å². The molecule has 1 atom stereocenters. The van der Waals surface area contributed by atoms with Crippen molar-refractivity contribution in [1.29, 1.82) is 0 Å². The third-order valence-electron chi connectivity index (χ3n) is 3.77. The van der Waals surface area contributed by atoms with E-state index in [4.69, 9.17) is 0 Å². The van der Waals surface area contributed by atoms with Crippen LogP contribution in [-0.4, -0.2) is 37.6 Å². The molecule has 0 aromatic heterocycles. The smallest absolute Gasteiger partial charge is 0.215 e. The quantitative estimate of drug-likeness (QED) is 0.873.